The Bertz CT molecular complexity index is 1650. The molecule has 5 rings (SSSR count). The van der Waals surface area contributed by atoms with Crippen molar-refractivity contribution >= 4 is 22.6 Å². The van der Waals surface area contributed by atoms with Crippen molar-refractivity contribution in [3.63, 3.8) is 0 Å². The van der Waals surface area contributed by atoms with Crippen molar-refractivity contribution in [2.75, 3.05) is 0 Å². The highest BCUT2D eigenvalue weighted by atomic mass is 16.1. The maximum atomic E-state index is 13.4. The summed E-state index contributed by atoms with van der Waals surface area (Å²) < 4.78 is 3.16. The largest absolute Gasteiger partial charge is 0.348 e. The van der Waals surface area contributed by atoms with E-state index in [-0.39, 0.29) is 16.6 Å². The van der Waals surface area contributed by atoms with Gasteiger partial charge in [0.1, 0.15) is 16.8 Å². The predicted molar refractivity (Wildman–Crippen MR) is 135 cm³/mol. The zero-order valence-corrected chi connectivity index (χ0v) is 19.4. The van der Waals surface area contributed by atoms with Crippen LogP contribution < -0.4 is 16.4 Å². The van der Waals surface area contributed by atoms with Crippen molar-refractivity contribution in [2.24, 2.45) is 0 Å². The summed E-state index contributed by atoms with van der Waals surface area (Å²) >= 11 is 0. The smallest absolute Gasteiger partial charge is 0.267 e. The molecule has 2 aromatic carbocycles. The van der Waals surface area contributed by atoms with Gasteiger partial charge in [-0.15, -0.1) is 0 Å². The van der Waals surface area contributed by atoms with E-state index >= 15 is 0 Å². The molecular formula is C28H25N5O2. The number of benzene rings is 2. The molecule has 174 valence electrons. The molecule has 0 atom stereocenters. The van der Waals surface area contributed by atoms with Gasteiger partial charge >= 0.3 is 0 Å². The first kappa shape index (κ1) is 22.3. The molecule has 0 bridgehead atoms. The second-order valence-electron chi connectivity index (χ2n) is 8.55. The quantitative estimate of drug-likeness (QED) is 0.377. The number of aromatic nitrogens is 3. The van der Waals surface area contributed by atoms with Gasteiger partial charge in [-0.05, 0) is 42.2 Å². The van der Waals surface area contributed by atoms with Crippen LogP contribution in [0.25, 0.3) is 16.7 Å². The van der Waals surface area contributed by atoms with E-state index in [0.29, 0.717) is 36.2 Å². The zero-order valence-electron chi connectivity index (χ0n) is 19.4. The van der Waals surface area contributed by atoms with E-state index in [0.717, 1.165) is 16.7 Å². The Labute approximate surface area is 201 Å². The molecule has 3 aromatic heterocycles. The predicted octanol–water partition coefficient (Wildman–Crippen LogP) is 3.61. The third-order valence-electron chi connectivity index (χ3n) is 6.06. The topological polar surface area (TPSA) is 92.2 Å². The van der Waals surface area contributed by atoms with E-state index in [4.69, 9.17) is 10.4 Å². The highest BCUT2D eigenvalue weighted by Gasteiger charge is 2.17. The fourth-order valence-electron chi connectivity index (χ4n) is 4.19. The van der Waals surface area contributed by atoms with Crippen molar-refractivity contribution in [3.8, 4) is 0 Å². The summed E-state index contributed by atoms with van der Waals surface area (Å²) in [6.45, 7) is 2.65. The van der Waals surface area contributed by atoms with Gasteiger partial charge in [-0.1, -0.05) is 66.7 Å². The van der Waals surface area contributed by atoms with E-state index in [1.165, 1.54) is 10.5 Å². The molecule has 0 radical (unpaired) electrons. The monoisotopic (exact) mass is 463 g/mol. The molecule has 35 heavy (non-hydrogen) atoms. The van der Waals surface area contributed by atoms with E-state index in [2.05, 4.69) is 5.32 Å². The molecule has 0 aliphatic rings. The number of hydrogen-bond acceptors (Lipinski definition) is 4. The average molecular weight is 464 g/mol. The molecule has 5 aromatic rings. The van der Waals surface area contributed by atoms with Crippen LogP contribution in [-0.4, -0.2) is 19.9 Å². The van der Waals surface area contributed by atoms with Crippen LogP contribution in [0.2, 0.25) is 0 Å². The molecule has 0 unspecified atom stereocenters. The molecule has 0 fully saturated rings. The van der Waals surface area contributed by atoms with Gasteiger partial charge in [0, 0.05) is 19.3 Å². The number of hydrogen-bond donors (Lipinski definition) is 2. The number of carbonyl (C=O) groups excluding carboxylic acids is 1. The lowest BCUT2D eigenvalue weighted by atomic mass is 10.1. The highest BCUT2D eigenvalue weighted by molar-refractivity contribution is 5.96. The summed E-state index contributed by atoms with van der Waals surface area (Å²) in [5.41, 5.74) is 3.79. The van der Waals surface area contributed by atoms with E-state index in [1.54, 1.807) is 16.8 Å². The average Bonchev–Trinajstić information content (AvgIpc) is 2.88. The van der Waals surface area contributed by atoms with Crippen molar-refractivity contribution in [1.82, 2.24) is 19.3 Å². The lowest BCUT2D eigenvalue weighted by Crippen LogP contribution is -2.35. The Morgan fingerprint density at radius 3 is 2.37 bits per heavy atom. The number of amides is 1. The number of fused-ring (bicyclic) bond motifs is 2. The standard InChI is InChI=1S/C28H25N5O2/c1-19-12-13-24-31-26-23(28(35)33(24)18-19)16-22(27(34)30-17-21-10-6-3-7-11-21)25(29)32(26)15-14-20-8-4-2-5-9-20/h2-13,16,18,29H,14-15,17H2,1H3,(H,30,34). The van der Waals surface area contributed by atoms with Crippen LogP contribution in [0.4, 0.5) is 0 Å². The normalized spacial score (nSPS) is 11.1. The second kappa shape index (κ2) is 9.38. The van der Waals surface area contributed by atoms with Crippen molar-refractivity contribution < 1.29 is 4.79 Å². The maximum absolute atomic E-state index is 13.4. The van der Waals surface area contributed by atoms with Gasteiger partial charge in [0.25, 0.3) is 11.5 Å². The van der Waals surface area contributed by atoms with Crippen LogP contribution in [0, 0.1) is 12.3 Å². The Kier molecular flexibility index (Phi) is 5.97. The summed E-state index contributed by atoms with van der Waals surface area (Å²) in [6.07, 6.45) is 2.37. The first-order valence-corrected chi connectivity index (χ1v) is 11.5. The van der Waals surface area contributed by atoms with Gasteiger partial charge in [0.15, 0.2) is 0 Å². The fourth-order valence-corrected chi connectivity index (χ4v) is 4.19. The number of pyridine rings is 2. The third-order valence-corrected chi connectivity index (χ3v) is 6.06. The molecule has 0 saturated carbocycles. The molecule has 0 aliphatic carbocycles. The van der Waals surface area contributed by atoms with Crippen LogP contribution in [0.15, 0.2) is 89.9 Å². The van der Waals surface area contributed by atoms with E-state index in [1.807, 2.05) is 73.7 Å². The molecule has 0 aliphatic heterocycles. The van der Waals surface area contributed by atoms with E-state index < -0.39 is 5.91 Å². The lowest BCUT2D eigenvalue weighted by Gasteiger charge is -2.15. The van der Waals surface area contributed by atoms with Crippen LogP contribution >= 0.6 is 0 Å². The van der Waals surface area contributed by atoms with Crippen LogP contribution in [0.5, 0.6) is 0 Å². The van der Waals surface area contributed by atoms with Gasteiger partial charge in [-0.3, -0.25) is 19.4 Å². The maximum Gasteiger partial charge on any atom is 0.267 e. The van der Waals surface area contributed by atoms with E-state index in [9.17, 15) is 9.59 Å². The Morgan fingerprint density at radius 2 is 1.66 bits per heavy atom. The molecule has 7 nitrogen and oxygen atoms in total. The molecule has 1 amide bonds. The fraction of sp³-hybridized carbons (Fsp3) is 0.143. The molecule has 0 spiro atoms. The molecule has 0 saturated heterocycles. The van der Waals surface area contributed by atoms with Crippen molar-refractivity contribution in [3.05, 3.63) is 123 Å². The first-order chi connectivity index (χ1) is 17.0. The third kappa shape index (κ3) is 4.48. The summed E-state index contributed by atoms with van der Waals surface area (Å²) in [4.78, 5) is 31.3. The Hall–Kier alpha value is -4.52. The first-order valence-electron chi connectivity index (χ1n) is 11.5. The van der Waals surface area contributed by atoms with Gasteiger partial charge in [-0.2, -0.15) is 0 Å². The Morgan fingerprint density at radius 1 is 0.971 bits per heavy atom. The minimum absolute atomic E-state index is 0.0300. The SMILES string of the molecule is Cc1ccc2nc3c(cc(C(=O)NCc4ccccc4)c(=N)n3CCc3ccccc3)c(=O)n2c1. The van der Waals surface area contributed by atoms with Crippen LogP contribution in [0.1, 0.15) is 27.0 Å². The number of nitrogens with zero attached hydrogens (tertiary/aromatic N) is 3. The zero-order chi connectivity index (χ0) is 24.4. The summed E-state index contributed by atoms with van der Waals surface area (Å²) in [6, 6.07) is 24.7. The second-order valence-corrected chi connectivity index (χ2v) is 8.55. The van der Waals surface area contributed by atoms with Crippen LogP contribution in [-0.2, 0) is 19.5 Å². The minimum atomic E-state index is -0.400. The van der Waals surface area contributed by atoms with Crippen molar-refractivity contribution in [1.29, 1.82) is 5.41 Å². The number of carbonyl (C=O) groups is 1. The van der Waals surface area contributed by atoms with Gasteiger partial charge in [-0.25, -0.2) is 4.98 Å². The molecule has 2 N–H and O–H groups in total. The highest BCUT2D eigenvalue weighted by Crippen LogP contribution is 2.13. The van der Waals surface area contributed by atoms with Gasteiger partial charge in [0.2, 0.25) is 0 Å². The van der Waals surface area contributed by atoms with Gasteiger partial charge < -0.3 is 9.88 Å². The molecule has 3 heterocycles. The number of rotatable bonds is 6. The summed E-state index contributed by atoms with van der Waals surface area (Å²) in [5, 5.41) is 12.1. The van der Waals surface area contributed by atoms with Crippen LogP contribution in [0.3, 0.4) is 0 Å². The van der Waals surface area contributed by atoms with Gasteiger partial charge in [0.05, 0.1) is 10.9 Å². The number of nitrogens with one attached hydrogen (secondary N) is 2. The lowest BCUT2D eigenvalue weighted by molar-refractivity contribution is 0.0948. The summed E-state index contributed by atoms with van der Waals surface area (Å²) in [5.74, 6) is -0.400. The Balaban J connectivity index is 1.63. The van der Waals surface area contributed by atoms with Crippen molar-refractivity contribution in [2.45, 2.75) is 26.4 Å². The molecular weight excluding hydrogens is 438 g/mol. The minimum Gasteiger partial charge on any atom is -0.348 e. The molecule has 7 heteroatoms. The number of aryl methyl sites for hydroxylation is 3. The summed E-state index contributed by atoms with van der Waals surface area (Å²) in [7, 11) is 0.